The number of aliphatic hydroxyl groups is 1. The fourth-order valence-electron chi connectivity index (χ4n) is 8.96. The highest BCUT2D eigenvalue weighted by Gasteiger charge is 2.77. The molecule has 0 radical (unpaired) electrons. The zero-order valence-electron chi connectivity index (χ0n) is 27.8. The second-order valence-corrected chi connectivity index (χ2v) is 13.8. The molecule has 0 bridgehead atoms. The molecule has 4 atom stereocenters. The molecular weight excluding hydrogens is 598 g/mol. The van der Waals surface area contributed by atoms with E-state index in [4.69, 9.17) is 4.74 Å². The zero-order valence-corrected chi connectivity index (χ0v) is 27.8. The molecule has 3 heterocycles. The van der Waals surface area contributed by atoms with Gasteiger partial charge in [-0.2, -0.15) is 0 Å². The van der Waals surface area contributed by atoms with E-state index >= 15 is 4.79 Å². The molecule has 4 aromatic carbocycles. The summed E-state index contributed by atoms with van der Waals surface area (Å²) in [5, 5.41) is 17.4. The summed E-state index contributed by atoms with van der Waals surface area (Å²) >= 11 is 0. The maximum absolute atomic E-state index is 15.4. The maximum atomic E-state index is 15.4. The summed E-state index contributed by atoms with van der Waals surface area (Å²) in [7, 11) is 1.37. The van der Waals surface area contributed by atoms with Crippen molar-refractivity contribution in [3.8, 4) is 0 Å². The van der Waals surface area contributed by atoms with Crippen LogP contribution in [0.2, 0.25) is 0 Å². The summed E-state index contributed by atoms with van der Waals surface area (Å²) in [6.07, 6.45) is 3.19. The van der Waals surface area contributed by atoms with Crippen LogP contribution in [-0.2, 0) is 25.5 Å². The van der Waals surface area contributed by atoms with E-state index in [-0.39, 0.29) is 12.3 Å². The molecule has 48 heavy (non-hydrogen) atoms. The Morgan fingerprint density at radius 2 is 1.38 bits per heavy atom. The van der Waals surface area contributed by atoms with Gasteiger partial charge in [0.15, 0.2) is 0 Å². The SMILES string of the molecule is C=CC(C)(C)[C@]12Nc3ccccc3[C@@]1(O)C[C@@H](C(=O)N1CCC[C@H]1C(=O)OC)N2C(c1ccccc1)(c1ccccc1)c1ccccc1. The van der Waals surface area contributed by atoms with E-state index < -0.39 is 40.3 Å². The van der Waals surface area contributed by atoms with Crippen molar-refractivity contribution in [2.75, 3.05) is 19.0 Å². The lowest BCUT2D eigenvalue weighted by Gasteiger charge is -2.59. The number of hydrogen-bond donors (Lipinski definition) is 2. The number of para-hydroxylation sites is 1. The molecule has 2 fully saturated rings. The Morgan fingerprint density at radius 1 is 0.854 bits per heavy atom. The van der Waals surface area contributed by atoms with E-state index in [0.29, 0.717) is 19.4 Å². The average Bonchev–Trinajstić information content (AvgIpc) is 3.80. The van der Waals surface area contributed by atoms with Crippen LogP contribution in [0.3, 0.4) is 0 Å². The number of nitrogens with one attached hydrogen (secondary N) is 1. The van der Waals surface area contributed by atoms with Crippen molar-refractivity contribution in [2.24, 2.45) is 5.41 Å². The minimum Gasteiger partial charge on any atom is -0.467 e. The number of ether oxygens (including phenoxy) is 1. The van der Waals surface area contributed by atoms with Crippen LogP contribution in [0.1, 0.15) is 55.4 Å². The van der Waals surface area contributed by atoms with Crippen molar-refractivity contribution in [3.05, 3.63) is 150 Å². The molecule has 0 saturated carbocycles. The van der Waals surface area contributed by atoms with Crippen molar-refractivity contribution >= 4 is 17.6 Å². The highest BCUT2D eigenvalue weighted by Crippen LogP contribution is 2.67. The summed E-state index contributed by atoms with van der Waals surface area (Å²) in [4.78, 5) is 32.4. The molecule has 4 aromatic rings. The predicted octanol–water partition coefficient (Wildman–Crippen LogP) is 6.44. The van der Waals surface area contributed by atoms with Gasteiger partial charge in [-0.1, -0.05) is 129 Å². The standard InChI is InChI=1S/C41H43N3O4/c1-5-38(2,3)41-39(47,32-24-15-16-25-33(32)42-41)28-35(36(45)43-27-17-26-34(43)37(46)48-4)44(41)40(29-18-9-6-10-19-29,30-20-11-7-12-21-30)31-22-13-8-14-23-31/h5-16,18-25,34-35,42,47H,1,17,26-28H2,2-4H3/t34-,35-,39-,41+/m0/s1. The molecule has 2 saturated heterocycles. The number of rotatable bonds is 8. The Hall–Kier alpha value is -4.72. The third-order valence-electron chi connectivity index (χ3n) is 11.1. The summed E-state index contributed by atoms with van der Waals surface area (Å²) in [5.74, 6) is -0.634. The van der Waals surface area contributed by atoms with Crippen LogP contribution < -0.4 is 5.32 Å². The number of esters is 1. The van der Waals surface area contributed by atoms with Crippen LogP contribution >= 0.6 is 0 Å². The van der Waals surface area contributed by atoms with Crippen LogP contribution in [0.4, 0.5) is 5.69 Å². The highest BCUT2D eigenvalue weighted by molar-refractivity contribution is 5.90. The lowest BCUT2D eigenvalue weighted by Crippen LogP contribution is -2.72. The number of carbonyl (C=O) groups excluding carboxylic acids is 2. The van der Waals surface area contributed by atoms with Crippen molar-refractivity contribution in [2.45, 2.75) is 62.0 Å². The van der Waals surface area contributed by atoms with Crippen molar-refractivity contribution < 1.29 is 19.4 Å². The van der Waals surface area contributed by atoms with Crippen LogP contribution in [0.25, 0.3) is 0 Å². The number of carbonyl (C=O) groups is 2. The van der Waals surface area contributed by atoms with E-state index in [2.05, 4.69) is 67.0 Å². The second kappa shape index (κ2) is 11.8. The molecule has 1 amide bonds. The van der Waals surface area contributed by atoms with Gasteiger partial charge in [-0.15, -0.1) is 6.58 Å². The number of benzene rings is 4. The molecule has 7 nitrogen and oxygen atoms in total. The molecule has 3 aliphatic rings. The molecule has 2 N–H and O–H groups in total. The first-order valence-electron chi connectivity index (χ1n) is 16.8. The zero-order chi connectivity index (χ0) is 33.7. The minimum atomic E-state index is -1.55. The lowest BCUT2D eigenvalue weighted by molar-refractivity contribution is -0.155. The normalized spacial score (nSPS) is 25.2. The van der Waals surface area contributed by atoms with E-state index in [9.17, 15) is 9.90 Å². The number of methoxy groups -OCH3 is 1. The quantitative estimate of drug-likeness (QED) is 0.131. The fraction of sp³-hybridized carbons (Fsp3) is 0.317. The topological polar surface area (TPSA) is 82.1 Å². The molecule has 0 unspecified atom stereocenters. The first-order chi connectivity index (χ1) is 23.2. The summed E-state index contributed by atoms with van der Waals surface area (Å²) in [6, 6.07) is 37.0. The van der Waals surface area contributed by atoms with Crippen LogP contribution in [0, 0.1) is 5.41 Å². The number of fused-ring (bicyclic) bond motifs is 3. The molecule has 7 heteroatoms. The average molecular weight is 642 g/mol. The van der Waals surface area contributed by atoms with E-state index in [1.165, 1.54) is 7.11 Å². The second-order valence-electron chi connectivity index (χ2n) is 13.8. The Bertz CT molecular complexity index is 1730. The predicted molar refractivity (Wildman–Crippen MR) is 187 cm³/mol. The van der Waals surface area contributed by atoms with Gasteiger partial charge in [0.2, 0.25) is 5.91 Å². The Morgan fingerprint density at radius 3 is 1.90 bits per heavy atom. The lowest BCUT2D eigenvalue weighted by atomic mass is 9.66. The molecule has 3 aliphatic heterocycles. The minimum absolute atomic E-state index is 0.0890. The molecule has 246 valence electrons. The fourth-order valence-corrected chi connectivity index (χ4v) is 8.96. The maximum Gasteiger partial charge on any atom is 0.328 e. The van der Waals surface area contributed by atoms with E-state index in [1.54, 1.807) is 4.90 Å². The van der Waals surface area contributed by atoms with Gasteiger partial charge in [0.1, 0.15) is 17.3 Å². The Balaban J connectivity index is 1.62. The van der Waals surface area contributed by atoms with Gasteiger partial charge < -0.3 is 20.1 Å². The van der Waals surface area contributed by atoms with Crippen molar-refractivity contribution in [1.82, 2.24) is 9.80 Å². The third kappa shape index (κ3) is 4.27. The number of anilines is 1. The molecule has 0 spiro atoms. The van der Waals surface area contributed by atoms with Crippen LogP contribution in [0.5, 0.6) is 0 Å². The van der Waals surface area contributed by atoms with Gasteiger partial charge in [-0.05, 0) is 35.6 Å². The molecule has 0 aliphatic carbocycles. The molecule has 0 aromatic heterocycles. The first-order valence-corrected chi connectivity index (χ1v) is 16.8. The van der Waals surface area contributed by atoms with Gasteiger partial charge in [-0.25, -0.2) is 9.69 Å². The largest absolute Gasteiger partial charge is 0.467 e. The number of nitrogens with zero attached hydrogens (tertiary/aromatic N) is 2. The molecule has 7 rings (SSSR count). The number of likely N-dealkylation sites (tertiary alicyclic amines) is 2. The van der Waals surface area contributed by atoms with Gasteiger partial charge >= 0.3 is 5.97 Å². The number of amides is 1. The monoisotopic (exact) mass is 641 g/mol. The first kappa shape index (κ1) is 31.9. The van der Waals surface area contributed by atoms with E-state index in [1.807, 2.05) is 84.9 Å². The Kier molecular flexibility index (Phi) is 7.80. The number of hydrogen-bond acceptors (Lipinski definition) is 6. The highest BCUT2D eigenvalue weighted by atomic mass is 16.5. The Labute approximate surface area is 282 Å². The van der Waals surface area contributed by atoms with Gasteiger partial charge in [0.05, 0.1) is 18.7 Å². The van der Waals surface area contributed by atoms with Crippen molar-refractivity contribution in [3.63, 3.8) is 0 Å². The summed E-state index contributed by atoms with van der Waals surface area (Å²) < 4.78 is 5.19. The summed E-state index contributed by atoms with van der Waals surface area (Å²) in [5.41, 5.74) is -0.431. The summed E-state index contributed by atoms with van der Waals surface area (Å²) in [6.45, 7) is 8.89. The van der Waals surface area contributed by atoms with Crippen molar-refractivity contribution in [1.29, 1.82) is 0 Å². The molecular formula is C41H43N3O4. The smallest absolute Gasteiger partial charge is 0.328 e. The van der Waals surface area contributed by atoms with Crippen LogP contribution in [0.15, 0.2) is 128 Å². The van der Waals surface area contributed by atoms with Gasteiger partial charge in [-0.3, -0.25) is 4.79 Å². The van der Waals surface area contributed by atoms with Crippen LogP contribution in [-0.4, -0.2) is 58.2 Å². The van der Waals surface area contributed by atoms with Gasteiger partial charge in [0.25, 0.3) is 0 Å². The third-order valence-corrected chi connectivity index (χ3v) is 11.1. The van der Waals surface area contributed by atoms with Gasteiger partial charge in [0, 0.05) is 29.6 Å². The van der Waals surface area contributed by atoms with E-state index in [0.717, 1.165) is 27.9 Å².